The SMILES string of the molecule is C=CC(=O)N1CC(N2CCC(c3cc(C)c4c(c3)Nc3ncnc(N5CCC(CCO)C5)c3CO4)CC2)C1. The van der Waals surface area contributed by atoms with Crippen LogP contribution in [-0.4, -0.2) is 82.7 Å². The highest BCUT2D eigenvalue weighted by atomic mass is 16.5. The Morgan fingerprint density at radius 2 is 2.00 bits per heavy atom. The maximum atomic E-state index is 11.8. The lowest BCUT2D eigenvalue weighted by molar-refractivity contribution is -0.133. The molecule has 5 heterocycles. The van der Waals surface area contributed by atoms with Crippen LogP contribution in [0.5, 0.6) is 5.75 Å². The Bertz CT molecular complexity index is 1210. The fourth-order valence-electron chi connectivity index (χ4n) is 6.55. The molecule has 3 fully saturated rings. The summed E-state index contributed by atoms with van der Waals surface area (Å²) in [6, 6.07) is 5.01. The van der Waals surface area contributed by atoms with Gasteiger partial charge in [-0.25, -0.2) is 9.97 Å². The van der Waals surface area contributed by atoms with Crippen molar-refractivity contribution in [1.29, 1.82) is 0 Å². The first-order valence-electron chi connectivity index (χ1n) is 13.9. The van der Waals surface area contributed by atoms with E-state index >= 15 is 0 Å². The molecule has 0 spiro atoms. The molecule has 0 saturated carbocycles. The van der Waals surface area contributed by atoms with Crippen molar-refractivity contribution < 1.29 is 14.6 Å². The van der Waals surface area contributed by atoms with Gasteiger partial charge in [-0.3, -0.25) is 9.69 Å². The largest absolute Gasteiger partial charge is 0.486 e. The number of nitrogens with zero attached hydrogens (tertiary/aromatic N) is 5. The molecular formula is C29H38N6O3. The van der Waals surface area contributed by atoms with Gasteiger partial charge in [0.25, 0.3) is 0 Å². The Kier molecular flexibility index (Phi) is 6.97. The molecule has 2 N–H and O–H groups in total. The number of aliphatic hydroxyl groups excluding tert-OH is 1. The average molecular weight is 519 g/mol. The minimum Gasteiger partial charge on any atom is -0.486 e. The molecule has 0 aliphatic carbocycles. The standard InChI is InChI=1S/C29H38N6O3/c1-3-26(37)35-15-23(16-35)33-9-5-21(6-10-33)22-12-19(2)27-25(13-22)32-28-24(17-38-27)29(31-18-30-28)34-8-4-20(14-34)7-11-36/h3,12-13,18,20-21,23,36H,1,4-11,14-17H2,2H3,(H,30,31,32). The Hall–Kier alpha value is -3.17. The van der Waals surface area contributed by atoms with Crippen LogP contribution in [-0.2, 0) is 11.4 Å². The lowest BCUT2D eigenvalue weighted by Crippen LogP contribution is -2.61. The lowest BCUT2D eigenvalue weighted by Gasteiger charge is -2.47. The van der Waals surface area contributed by atoms with E-state index in [1.165, 1.54) is 11.6 Å². The van der Waals surface area contributed by atoms with E-state index in [1.54, 1.807) is 6.33 Å². The number of carbonyl (C=O) groups is 1. The molecule has 0 bridgehead atoms. The van der Waals surface area contributed by atoms with E-state index in [9.17, 15) is 9.90 Å². The van der Waals surface area contributed by atoms with Gasteiger partial charge < -0.3 is 25.0 Å². The van der Waals surface area contributed by atoms with E-state index in [-0.39, 0.29) is 12.5 Å². The van der Waals surface area contributed by atoms with Gasteiger partial charge in [-0.15, -0.1) is 0 Å². The van der Waals surface area contributed by atoms with Crippen LogP contribution in [0.3, 0.4) is 0 Å². The predicted octanol–water partition coefficient (Wildman–Crippen LogP) is 3.21. The number of hydrogen-bond acceptors (Lipinski definition) is 8. The third-order valence-corrected chi connectivity index (χ3v) is 8.82. The summed E-state index contributed by atoms with van der Waals surface area (Å²) in [6.45, 7) is 12.0. The van der Waals surface area contributed by atoms with Gasteiger partial charge in [0.05, 0.1) is 11.3 Å². The van der Waals surface area contributed by atoms with E-state index in [0.29, 0.717) is 24.5 Å². The number of aryl methyl sites for hydroxylation is 1. The van der Waals surface area contributed by atoms with Crippen molar-refractivity contribution in [2.45, 2.75) is 51.2 Å². The third kappa shape index (κ3) is 4.73. The second-order valence-electron chi connectivity index (χ2n) is 11.2. The summed E-state index contributed by atoms with van der Waals surface area (Å²) in [6.07, 6.45) is 7.17. The Labute approximate surface area is 224 Å². The number of fused-ring (bicyclic) bond motifs is 2. The first-order valence-corrected chi connectivity index (χ1v) is 13.9. The first kappa shape index (κ1) is 25.1. The highest BCUT2D eigenvalue weighted by Gasteiger charge is 2.36. The van der Waals surface area contributed by atoms with Crippen LogP contribution in [0.25, 0.3) is 0 Å². The molecular weight excluding hydrogens is 480 g/mol. The van der Waals surface area contributed by atoms with E-state index in [4.69, 9.17) is 4.74 Å². The monoisotopic (exact) mass is 518 g/mol. The zero-order valence-corrected chi connectivity index (χ0v) is 22.2. The number of piperidine rings is 1. The smallest absolute Gasteiger partial charge is 0.246 e. The first-order chi connectivity index (χ1) is 18.5. The van der Waals surface area contributed by atoms with Crippen molar-refractivity contribution in [3.05, 3.63) is 47.8 Å². The molecule has 1 atom stereocenters. The Morgan fingerprint density at radius 1 is 1.18 bits per heavy atom. The van der Waals surface area contributed by atoms with Crippen LogP contribution >= 0.6 is 0 Å². The topological polar surface area (TPSA) is 94.1 Å². The fourth-order valence-corrected chi connectivity index (χ4v) is 6.55. The molecule has 4 aliphatic rings. The number of ether oxygens (including phenoxy) is 1. The highest BCUT2D eigenvalue weighted by Crippen LogP contribution is 2.42. The maximum Gasteiger partial charge on any atom is 0.246 e. The van der Waals surface area contributed by atoms with Crippen LogP contribution < -0.4 is 15.0 Å². The maximum absolute atomic E-state index is 11.8. The van der Waals surface area contributed by atoms with E-state index < -0.39 is 0 Å². The average Bonchev–Trinajstić information content (AvgIpc) is 3.27. The zero-order valence-electron chi connectivity index (χ0n) is 22.2. The van der Waals surface area contributed by atoms with Crippen molar-refractivity contribution in [3.63, 3.8) is 0 Å². The summed E-state index contributed by atoms with van der Waals surface area (Å²) >= 11 is 0. The van der Waals surface area contributed by atoms with Crippen molar-refractivity contribution in [2.75, 3.05) is 56.1 Å². The molecule has 202 valence electrons. The second kappa shape index (κ2) is 10.5. The number of rotatable bonds is 6. The summed E-state index contributed by atoms with van der Waals surface area (Å²) in [7, 11) is 0. The lowest BCUT2D eigenvalue weighted by atomic mass is 9.87. The Morgan fingerprint density at radius 3 is 2.76 bits per heavy atom. The van der Waals surface area contributed by atoms with Gasteiger partial charge in [-0.05, 0) is 80.8 Å². The van der Waals surface area contributed by atoms with Crippen LogP contribution in [0.15, 0.2) is 31.1 Å². The van der Waals surface area contributed by atoms with Crippen LogP contribution in [0, 0.1) is 12.8 Å². The molecule has 6 rings (SSSR count). The number of amides is 1. The number of hydrogen-bond donors (Lipinski definition) is 2. The number of likely N-dealkylation sites (tertiary alicyclic amines) is 2. The minimum absolute atomic E-state index is 0.0385. The summed E-state index contributed by atoms with van der Waals surface area (Å²) in [5.41, 5.74) is 4.45. The number of carbonyl (C=O) groups excluding carboxylic acids is 1. The van der Waals surface area contributed by atoms with Gasteiger partial charge in [0.1, 0.15) is 30.3 Å². The number of benzene rings is 1. The summed E-state index contributed by atoms with van der Waals surface area (Å²) in [5, 5.41) is 12.9. The molecule has 1 amide bonds. The highest BCUT2D eigenvalue weighted by molar-refractivity contribution is 5.87. The van der Waals surface area contributed by atoms with Gasteiger partial charge in [0.2, 0.25) is 5.91 Å². The Balaban J connectivity index is 1.15. The molecule has 1 aromatic heterocycles. The minimum atomic E-state index is 0.0385. The van der Waals surface area contributed by atoms with Gasteiger partial charge in [0.15, 0.2) is 0 Å². The van der Waals surface area contributed by atoms with Gasteiger partial charge in [0, 0.05) is 38.8 Å². The van der Waals surface area contributed by atoms with E-state index in [0.717, 1.165) is 99.2 Å². The molecule has 0 radical (unpaired) electrons. The van der Waals surface area contributed by atoms with Crippen LogP contribution in [0.2, 0.25) is 0 Å². The molecule has 3 saturated heterocycles. The van der Waals surface area contributed by atoms with Crippen molar-refractivity contribution in [1.82, 2.24) is 19.8 Å². The zero-order chi connectivity index (χ0) is 26.2. The fraction of sp³-hybridized carbons (Fsp3) is 0.552. The third-order valence-electron chi connectivity index (χ3n) is 8.82. The number of nitrogens with one attached hydrogen (secondary N) is 1. The molecule has 9 heteroatoms. The number of aliphatic hydroxyl groups is 1. The van der Waals surface area contributed by atoms with Crippen LogP contribution in [0.4, 0.5) is 17.3 Å². The van der Waals surface area contributed by atoms with Gasteiger partial charge in [-0.2, -0.15) is 0 Å². The van der Waals surface area contributed by atoms with Crippen molar-refractivity contribution in [2.24, 2.45) is 5.92 Å². The van der Waals surface area contributed by atoms with E-state index in [2.05, 4.69) is 50.7 Å². The van der Waals surface area contributed by atoms with Gasteiger partial charge in [-0.1, -0.05) is 12.6 Å². The van der Waals surface area contributed by atoms with Crippen molar-refractivity contribution >= 4 is 23.2 Å². The summed E-state index contributed by atoms with van der Waals surface area (Å²) in [5.74, 6) is 3.67. The second-order valence-corrected chi connectivity index (χ2v) is 11.2. The predicted molar refractivity (Wildman–Crippen MR) is 147 cm³/mol. The van der Waals surface area contributed by atoms with Crippen molar-refractivity contribution in [3.8, 4) is 5.75 Å². The number of aromatic nitrogens is 2. The molecule has 1 unspecified atom stereocenters. The molecule has 9 nitrogen and oxygen atoms in total. The molecule has 1 aromatic carbocycles. The van der Waals surface area contributed by atoms with Gasteiger partial charge >= 0.3 is 0 Å². The normalized spacial score (nSPS) is 22.1. The molecule has 2 aromatic rings. The van der Waals surface area contributed by atoms with Crippen LogP contribution in [0.1, 0.15) is 48.3 Å². The molecule has 4 aliphatic heterocycles. The summed E-state index contributed by atoms with van der Waals surface area (Å²) in [4.78, 5) is 27.7. The quantitative estimate of drug-likeness (QED) is 0.563. The summed E-state index contributed by atoms with van der Waals surface area (Å²) < 4.78 is 6.38. The van der Waals surface area contributed by atoms with E-state index in [1.807, 2.05) is 4.90 Å². The molecule has 38 heavy (non-hydrogen) atoms. The number of anilines is 3.